The van der Waals surface area contributed by atoms with Crippen LogP contribution in [0.5, 0.6) is 0 Å². The first-order chi connectivity index (χ1) is 6.54. The first-order valence-corrected chi connectivity index (χ1v) is 5.20. The molecule has 4 nitrogen and oxygen atoms in total. The fourth-order valence-electron chi connectivity index (χ4n) is 2.04. The average Bonchev–Trinajstić information content (AvgIpc) is 2.44. The smallest absolute Gasteiger partial charge is 0.236 e. The van der Waals surface area contributed by atoms with Crippen molar-refractivity contribution >= 4 is 5.91 Å². The van der Waals surface area contributed by atoms with Crippen LogP contribution >= 0.6 is 0 Å². The van der Waals surface area contributed by atoms with Gasteiger partial charge in [0.1, 0.15) is 0 Å². The maximum Gasteiger partial charge on any atom is 0.236 e. The molecule has 0 spiro atoms. The lowest BCUT2D eigenvalue weighted by molar-refractivity contribution is -0.122. The minimum Gasteiger partial charge on any atom is -0.358 e. The molecule has 82 valence electrons. The predicted octanol–water partition coefficient (Wildman–Crippen LogP) is -0.339. The van der Waals surface area contributed by atoms with Crippen LogP contribution in [0, 0.1) is 5.92 Å². The molecular weight excluding hydrogens is 178 g/mol. The first kappa shape index (κ1) is 11.5. The van der Waals surface area contributed by atoms with Crippen LogP contribution in [-0.4, -0.2) is 50.1 Å². The van der Waals surface area contributed by atoms with E-state index in [4.69, 9.17) is 0 Å². The maximum absolute atomic E-state index is 11.3. The topological polar surface area (TPSA) is 44.4 Å². The van der Waals surface area contributed by atoms with E-state index < -0.39 is 0 Å². The van der Waals surface area contributed by atoms with Crippen LogP contribution < -0.4 is 10.6 Å². The van der Waals surface area contributed by atoms with Gasteiger partial charge >= 0.3 is 0 Å². The van der Waals surface area contributed by atoms with E-state index in [2.05, 4.69) is 29.5 Å². The van der Waals surface area contributed by atoms with Gasteiger partial charge in [0, 0.05) is 26.2 Å². The van der Waals surface area contributed by atoms with Crippen LogP contribution in [0.25, 0.3) is 0 Å². The normalized spacial score (nSPS) is 30.3. The number of nitrogens with zero attached hydrogens (tertiary/aromatic N) is 1. The van der Waals surface area contributed by atoms with Crippen LogP contribution in [0.15, 0.2) is 0 Å². The molecule has 0 aromatic heterocycles. The van der Waals surface area contributed by atoms with Gasteiger partial charge in [0.05, 0.1) is 6.04 Å². The number of carbonyl (C=O) groups excluding carboxylic acids is 1. The van der Waals surface area contributed by atoms with Crippen LogP contribution in [0.2, 0.25) is 0 Å². The van der Waals surface area contributed by atoms with E-state index in [1.165, 1.54) is 0 Å². The summed E-state index contributed by atoms with van der Waals surface area (Å²) in [5, 5.41) is 6.01. The monoisotopic (exact) mass is 199 g/mol. The molecule has 0 bridgehead atoms. The highest BCUT2D eigenvalue weighted by molar-refractivity contribution is 5.80. The number of hydrogen-bond acceptors (Lipinski definition) is 3. The van der Waals surface area contributed by atoms with Crippen molar-refractivity contribution in [2.45, 2.75) is 25.9 Å². The van der Waals surface area contributed by atoms with Gasteiger partial charge in [0.15, 0.2) is 0 Å². The Kier molecular flexibility index (Phi) is 3.89. The molecule has 14 heavy (non-hydrogen) atoms. The molecule has 2 N–H and O–H groups in total. The van der Waals surface area contributed by atoms with Crippen LogP contribution in [-0.2, 0) is 4.79 Å². The third-order valence-corrected chi connectivity index (χ3v) is 2.90. The van der Waals surface area contributed by atoms with Gasteiger partial charge in [0.25, 0.3) is 0 Å². The van der Waals surface area contributed by atoms with E-state index >= 15 is 0 Å². The molecule has 0 radical (unpaired) electrons. The van der Waals surface area contributed by atoms with Crippen molar-refractivity contribution in [1.29, 1.82) is 0 Å². The molecule has 1 heterocycles. The van der Waals surface area contributed by atoms with E-state index in [0.29, 0.717) is 12.0 Å². The van der Waals surface area contributed by atoms with Crippen LogP contribution in [0.4, 0.5) is 0 Å². The highest BCUT2D eigenvalue weighted by Crippen LogP contribution is 2.14. The Balaban J connectivity index is 2.40. The summed E-state index contributed by atoms with van der Waals surface area (Å²) in [6.45, 7) is 6.27. The minimum absolute atomic E-state index is 0.0618. The number of rotatable bonds is 3. The van der Waals surface area contributed by atoms with Gasteiger partial charge in [0.2, 0.25) is 5.91 Å². The summed E-state index contributed by atoms with van der Waals surface area (Å²) in [4.78, 5) is 13.6. The molecule has 1 amide bonds. The fourth-order valence-corrected chi connectivity index (χ4v) is 2.04. The Hall–Kier alpha value is -0.610. The van der Waals surface area contributed by atoms with Gasteiger partial charge in [-0.2, -0.15) is 0 Å². The summed E-state index contributed by atoms with van der Waals surface area (Å²) >= 11 is 0. The zero-order chi connectivity index (χ0) is 10.7. The lowest BCUT2D eigenvalue weighted by atomic mass is 10.1. The minimum atomic E-state index is -0.0982. The van der Waals surface area contributed by atoms with Crippen molar-refractivity contribution in [2.24, 2.45) is 5.92 Å². The van der Waals surface area contributed by atoms with E-state index in [1.54, 1.807) is 7.05 Å². The standard InChI is InChI=1S/C10H21N3O/c1-7-5-13(4)6-9(7)12-8(2)10(14)11-3/h7-9,12H,5-6H2,1-4H3,(H,11,14). The number of likely N-dealkylation sites (N-methyl/N-ethyl adjacent to an activating group) is 2. The summed E-state index contributed by atoms with van der Waals surface area (Å²) in [5.74, 6) is 0.679. The van der Waals surface area contributed by atoms with Gasteiger partial charge < -0.3 is 15.5 Å². The molecule has 0 aromatic rings. The van der Waals surface area contributed by atoms with Crippen molar-refractivity contribution in [3.05, 3.63) is 0 Å². The number of nitrogens with one attached hydrogen (secondary N) is 2. The molecule has 4 heteroatoms. The van der Waals surface area contributed by atoms with Crippen molar-refractivity contribution < 1.29 is 4.79 Å². The van der Waals surface area contributed by atoms with Crippen molar-refractivity contribution in [2.75, 3.05) is 27.2 Å². The summed E-state index contributed by atoms with van der Waals surface area (Å²) in [7, 11) is 3.79. The SMILES string of the molecule is CNC(=O)C(C)NC1CN(C)CC1C. The molecular formula is C10H21N3O. The second-order valence-corrected chi connectivity index (χ2v) is 4.31. The Labute approximate surface area is 86.0 Å². The third kappa shape index (κ3) is 2.69. The highest BCUT2D eigenvalue weighted by atomic mass is 16.2. The summed E-state index contributed by atoms with van der Waals surface area (Å²) in [5.41, 5.74) is 0. The maximum atomic E-state index is 11.3. The largest absolute Gasteiger partial charge is 0.358 e. The molecule has 3 atom stereocenters. The van der Waals surface area contributed by atoms with E-state index in [0.717, 1.165) is 13.1 Å². The predicted molar refractivity (Wildman–Crippen MR) is 57.1 cm³/mol. The van der Waals surface area contributed by atoms with Gasteiger partial charge in [-0.05, 0) is 19.9 Å². The Morgan fingerprint density at radius 2 is 2.14 bits per heavy atom. The van der Waals surface area contributed by atoms with Gasteiger partial charge in [-0.3, -0.25) is 4.79 Å². The zero-order valence-electron chi connectivity index (χ0n) is 9.50. The quantitative estimate of drug-likeness (QED) is 0.653. The van der Waals surface area contributed by atoms with Gasteiger partial charge in [-0.15, -0.1) is 0 Å². The average molecular weight is 199 g/mol. The molecule has 0 saturated carbocycles. The molecule has 3 unspecified atom stereocenters. The van der Waals surface area contributed by atoms with E-state index in [9.17, 15) is 4.79 Å². The lowest BCUT2D eigenvalue weighted by Gasteiger charge is -2.20. The summed E-state index contributed by atoms with van der Waals surface area (Å²) < 4.78 is 0. The molecule has 0 aliphatic carbocycles. The second-order valence-electron chi connectivity index (χ2n) is 4.31. The first-order valence-electron chi connectivity index (χ1n) is 5.20. The molecule has 1 rings (SSSR count). The Morgan fingerprint density at radius 1 is 1.50 bits per heavy atom. The van der Waals surface area contributed by atoms with E-state index in [-0.39, 0.29) is 11.9 Å². The summed E-state index contributed by atoms with van der Waals surface area (Å²) in [6.07, 6.45) is 0. The van der Waals surface area contributed by atoms with E-state index in [1.807, 2.05) is 6.92 Å². The van der Waals surface area contributed by atoms with Gasteiger partial charge in [-0.25, -0.2) is 0 Å². The lowest BCUT2D eigenvalue weighted by Crippen LogP contribution is -2.48. The molecule has 1 aliphatic rings. The Morgan fingerprint density at radius 3 is 2.57 bits per heavy atom. The number of likely N-dealkylation sites (tertiary alicyclic amines) is 1. The second kappa shape index (κ2) is 4.75. The zero-order valence-corrected chi connectivity index (χ0v) is 9.50. The fraction of sp³-hybridized carbons (Fsp3) is 0.900. The molecule has 0 aromatic carbocycles. The molecule has 1 fully saturated rings. The van der Waals surface area contributed by atoms with Crippen molar-refractivity contribution in [3.8, 4) is 0 Å². The number of amides is 1. The van der Waals surface area contributed by atoms with Crippen LogP contribution in [0.3, 0.4) is 0 Å². The summed E-state index contributed by atoms with van der Waals surface area (Å²) in [6, 6.07) is 0.339. The molecule has 1 aliphatic heterocycles. The highest BCUT2D eigenvalue weighted by Gasteiger charge is 2.29. The Bertz CT molecular complexity index is 208. The van der Waals surface area contributed by atoms with Crippen LogP contribution in [0.1, 0.15) is 13.8 Å². The van der Waals surface area contributed by atoms with Gasteiger partial charge in [-0.1, -0.05) is 6.92 Å². The van der Waals surface area contributed by atoms with Crippen molar-refractivity contribution in [3.63, 3.8) is 0 Å². The third-order valence-electron chi connectivity index (χ3n) is 2.90. The number of hydrogen-bond donors (Lipinski definition) is 2. The van der Waals surface area contributed by atoms with Crippen molar-refractivity contribution in [1.82, 2.24) is 15.5 Å². The number of carbonyl (C=O) groups is 1. The molecule has 1 saturated heterocycles.